The monoisotopic (exact) mass is 317 g/mol. The van der Waals surface area contributed by atoms with Crippen molar-refractivity contribution in [2.24, 2.45) is 0 Å². The fraction of sp³-hybridized carbons (Fsp3) is 0.312. The largest absolute Gasteiger partial charge is 0.395 e. The highest BCUT2D eigenvalue weighted by molar-refractivity contribution is 6.07. The summed E-state index contributed by atoms with van der Waals surface area (Å²) in [5.41, 5.74) is 0.687. The van der Waals surface area contributed by atoms with E-state index in [0.717, 1.165) is 0 Å². The lowest BCUT2D eigenvalue weighted by molar-refractivity contribution is -0.112. The predicted molar refractivity (Wildman–Crippen MR) is 84.5 cm³/mol. The van der Waals surface area contributed by atoms with Gasteiger partial charge >= 0.3 is 0 Å². The number of aliphatic hydroxyl groups is 2. The van der Waals surface area contributed by atoms with Crippen molar-refractivity contribution >= 4 is 17.4 Å². The van der Waals surface area contributed by atoms with Crippen molar-refractivity contribution in [1.29, 1.82) is 5.26 Å². The SMILES string of the molecule is CC(=O)c1cccc(NC(=O)/C(C#N)=C\N(CCO)CCO)c1. The van der Waals surface area contributed by atoms with Crippen molar-refractivity contribution in [3.05, 3.63) is 41.6 Å². The summed E-state index contributed by atoms with van der Waals surface area (Å²) in [5, 5.41) is 29.5. The van der Waals surface area contributed by atoms with E-state index in [1.54, 1.807) is 24.3 Å². The van der Waals surface area contributed by atoms with Gasteiger partial charge in [-0.2, -0.15) is 5.26 Å². The molecular formula is C16H19N3O4. The van der Waals surface area contributed by atoms with E-state index in [1.165, 1.54) is 24.1 Å². The Kier molecular flexibility index (Phi) is 7.47. The highest BCUT2D eigenvalue weighted by atomic mass is 16.3. The number of nitriles is 1. The number of rotatable bonds is 8. The third-order valence-corrected chi connectivity index (χ3v) is 2.98. The van der Waals surface area contributed by atoms with Crippen LogP contribution in [0, 0.1) is 11.3 Å². The van der Waals surface area contributed by atoms with Gasteiger partial charge in [0.25, 0.3) is 5.91 Å². The molecule has 0 heterocycles. The van der Waals surface area contributed by atoms with Gasteiger partial charge in [-0.05, 0) is 19.1 Å². The van der Waals surface area contributed by atoms with E-state index >= 15 is 0 Å². The average Bonchev–Trinajstić information content (AvgIpc) is 2.53. The third-order valence-electron chi connectivity index (χ3n) is 2.98. The minimum atomic E-state index is -0.630. The second-order valence-electron chi connectivity index (χ2n) is 4.73. The number of Topliss-reactive ketones (excluding diaryl/α,β-unsaturated/α-hetero) is 1. The van der Waals surface area contributed by atoms with E-state index in [2.05, 4.69) is 5.32 Å². The zero-order chi connectivity index (χ0) is 17.2. The van der Waals surface area contributed by atoms with E-state index in [-0.39, 0.29) is 37.7 Å². The smallest absolute Gasteiger partial charge is 0.267 e. The van der Waals surface area contributed by atoms with Crippen molar-refractivity contribution in [3.63, 3.8) is 0 Å². The molecule has 1 aromatic rings. The summed E-state index contributed by atoms with van der Waals surface area (Å²) in [6, 6.07) is 8.18. The maximum Gasteiger partial charge on any atom is 0.267 e. The standard InChI is InChI=1S/C16H19N3O4/c1-12(22)13-3-2-4-15(9-13)18-16(23)14(10-17)11-19(5-7-20)6-8-21/h2-4,9,11,20-21H,5-8H2,1H3,(H,18,23)/b14-11-. The van der Waals surface area contributed by atoms with E-state index in [1.807, 2.05) is 0 Å². The number of aliphatic hydroxyl groups excluding tert-OH is 2. The Balaban J connectivity index is 2.90. The molecule has 7 nitrogen and oxygen atoms in total. The van der Waals surface area contributed by atoms with Gasteiger partial charge in [-0.15, -0.1) is 0 Å². The molecule has 0 saturated carbocycles. The van der Waals surface area contributed by atoms with Crippen molar-refractivity contribution in [2.75, 3.05) is 31.6 Å². The summed E-state index contributed by atoms with van der Waals surface area (Å²) < 4.78 is 0. The summed E-state index contributed by atoms with van der Waals surface area (Å²) >= 11 is 0. The molecule has 0 aliphatic rings. The van der Waals surface area contributed by atoms with Crippen LogP contribution in [-0.4, -0.2) is 53.1 Å². The first-order chi connectivity index (χ1) is 11.0. The highest BCUT2D eigenvalue weighted by Gasteiger charge is 2.12. The molecule has 1 rings (SSSR count). The summed E-state index contributed by atoms with van der Waals surface area (Å²) in [6.45, 7) is 1.47. The number of nitrogens with zero attached hydrogens (tertiary/aromatic N) is 2. The van der Waals surface area contributed by atoms with Gasteiger partial charge in [-0.1, -0.05) is 12.1 Å². The quantitative estimate of drug-likeness (QED) is 0.366. The van der Waals surface area contributed by atoms with Crippen LogP contribution in [0.15, 0.2) is 36.0 Å². The Morgan fingerprint density at radius 2 is 1.96 bits per heavy atom. The van der Waals surface area contributed by atoms with Gasteiger partial charge in [0, 0.05) is 30.5 Å². The number of hydrogen-bond acceptors (Lipinski definition) is 6. The number of nitrogens with one attached hydrogen (secondary N) is 1. The number of carbonyl (C=O) groups excluding carboxylic acids is 2. The molecule has 0 fully saturated rings. The molecule has 0 aromatic heterocycles. The number of anilines is 1. The van der Waals surface area contributed by atoms with Crippen LogP contribution in [0.5, 0.6) is 0 Å². The zero-order valence-corrected chi connectivity index (χ0v) is 12.8. The molecule has 0 bridgehead atoms. The first kappa shape index (κ1) is 18.4. The molecular weight excluding hydrogens is 298 g/mol. The number of hydrogen-bond donors (Lipinski definition) is 3. The Morgan fingerprint density at radius 1 is 1.30 bits per heavy atom. The number of ketones is 1. The summed E-state index contributed by atoms with van der Waals surface area (Å²) in [5.74, 6) is -0.761. The van der Waals surface area contributed by atoms with E-state index in [4.69, 9.17) is 15.5 Å². The molecule has 122 valence electrons. The first-order valence-electron chi connectivity index (χ1n) is 7.02. The third kappa shape index (κ3) is 5.90. The van der Waals surface area contributed by atoms with Crippen molar-refractivity contribution < 1.29 is 19.8 Å². The van der Waals surface area contributed by atoms with Crippen LogP contribution in [0.4, 0.5) is 5.69 Å². The number of carbonyl (C=O) groups is 2. The van der Waals surface area contributed by atoms with Crippen LogP contribution >= 0.6 is 0 Å². The molecule has 1 amide bonds. The van der Waals surface area contributed by atoms with Crippen LogP contribution in [0.2, 0.25) is 0 Å². The minimum absolute atomic E-state index is 0.130. The van der Waals surface area contributed by atoms with E-state index in [0.29, 0.717) is 11.3 Å². The van der Waals surface area contributed by atoms with Crippen LogP contribution in [0.3, 0.4) is 0 Å². The molecule has 1 aromatic carbocycles. The Bertz CT molecular complexity index is 628. The molecule has 0 saturated heterocycles. The summed E-state index contributed by atoms with van der Waals surface area (Å²) in [4.78, 5) is 24.9. The van der Waals surface area contributed by atoms with Gasteiger partial charge in [0.1, 0.15) is 11.6 Å². The molecule has 0 atom stereocenters. The van der Waals surface area contributed by atoms with Crippen molar-refractivity contribution in [2.45, 2.75) is 6.92 Å². The van der Waals surface area contributed by atoms with Crippen molar-refractivity contribution in [1.82, 2.24) is 4.90 Å². The minimum Gasteiger partial charge on any atom is -0.395 e. The van der Waals surface area contributed by atoms with E-state index in [9.17, 15) is 9.59 Å². The average molecular weight is 317 g/mol. The molecule has 0 radical (unpaired) electrons. The van der Waals surface area contributed by atoms with Gasteiger partial charge in [0.15, 0.2) is 5.78 Å². The first-order valence-corrected chi connectivity index (χ1v) is 7.02. The highest BCUT2D eigenvalue weighted by Crippen LogP contribution is 2.12. The molecule has 7 heteroatoms. The Labute approximate surface area is 134 Å². The molecule has 0 aliphatic heterocycles. The fourth-order valence-corrected chi connectivity index (χ4v) is 1.83. The number of amides is 1. The molecule has 3 N–H and O–H groups in total. The lowest BCUT2D eigenvalue weighted by Gasteiger charge is -2.18. The van der Waals surface area contributed by atoms with Crippen LogP contribution < -0.4 is 5.32 Å². The molecule has 23 heavy (non-hydrogen) atoms. The second-order valence-corrected chi connectivity index (χ2v) is 4.73. The van der Waals surface area contributed by atoms with Crippen molar-refractivity contribution in [3.8, 4) is 6.07 Å². The van der Waals surface area contributed by atoms with Gasteiger partial charge in [-0.25, -0.2) is 0 Å². The predicted octanol–water partition coefficient (Wildman–Crippen LogP) is 0.522. The number of benzene rings is 1. The fourth-order valence-electron chi connectivity index (χ4n) is 1.83. The van der Waals surface area contributed by atoms with Gasteiger partial charge in [-0.3, -0.25) is 9.59 Å². The molecule has 0 spiro atoms. The lowest BCUT2D eigenvalue weighted by Crippen LogP contribution is -2.26. The Morgan fingerprint density at radius 3 is 2.48 bits per heavy atom. The zero-order valence-electron chi connectivity index (χ0n) is 12.8. The topological polar surface area (TPSA) is 114 Å². The van der Waals surface area contributed by atoms with E-state index < -0.39 is 5.91 Å². The normalized spacial score (nSPS) is 10.8. The van der Waals surface area contributed by atoms with Crippen LogP contribution in [0.25, 0.3) is 0 Å². The van der Waals surface area contributed by atoms with Gasteiger partial charge in [0.05, 0.1) is 13.2 Å². The molecule has 0 aliphatic carbocycles. The van der Waals surface area contributed by atoms with Gasteiger partial charge in [0.2, 0.25) is 0 Å². The lowest BCUT2D eigenvalue weighted by atomic mass is 10.1. The summed E-state index contributed by atoms with van der Waals surface area (Å²) in [6.07, 6.45) is 1.29. The van der Waals surface area contributed by atoms with Gasteiger partial charge < -0.3 is 20.4 Å². The van der Waals surface area contributed by atoms with Crippen LogP contribution in [-0.2, 0) is 4.79 Å². The Hall–Kier alpha value is -2.69. The maximum absolute atomic E-state index is 12.1. The second kappa shape index (κ2) is 9.35. The molecule has 0 unspecified atom stereocenters. The summed E-state index contributed by atoms with van der Waals surface area (Å²) in [7, 11) is 0. The van der Waals surface area contributed by atoms with Crippen LogP contribution in [0.1, 0.15) is 17.3 Å². The maximum atomic E-state index is 12.1.